The van der Waals surface area contributed by atoms with E-state index >= 15 is 0 Å². The van der Waals surface area contributed by atoms with Crippen molar-refractivity contribution in [3.8, 4) is 0 Å². The minimum Gasteiger partial charge on any atom is -0.385 e. The van der Waals surface area contributed by atoms with Crippen LogP contribution in [0.15, 0.2) is 18.3 Å². The van der Waals surface area contributed by atoms with Gasteiger partial charge in [-0.25, -0.2) is 0 Å². The third-order valence-corrected chi connectivity index (χ3v) is 3.19. The number of carbonyl (C=O) groups is 1. The van der Waals surface area contributed by atoms with Gasteiger partial charge in [-0.15, -0.1) is 0 Å². The van der Waals surface area contributed by atoms with Crippen molar-refractivity contribution in [3.05, 3.63) is 24.0 Å². The Labute approximate surface area is 113 Å². The van der Waals surface area contributed by atoms with Crippen molar-refractivity contribution in [2.24, 2.45) is 0 Å². The van der Waals surface area contributed by atoms with Gasteiger partial charge < -0.3 is 10.2 Å². The predicted octanol–water partition coefficient (Wildman–Crippen LogP) is 2.34. The molecule has 1 heterocycles. The zero-order chi connectivity index (χ0) is 13.4. The molecule has 0 atom stereocenters. The fourth-order valence-electron chi connectivity index (χ4n) is 1.49. The number of aromatic nitrogens is 1. The first-order valence-electron chi connectivity index (χ1n) is 6.05. The van der Waals surface area contributed by atoms with Gasteiger partial charge >= 0.3 is 0 Å². The second-order valence-electron chi connectivity index (χ2n) is 4.26. The first-order valence-corrected chi connectivity index (χ1v) is 7.45. The van der Waals surface area contributed by atoms with Gasteiger partial charge in [0.25, 0.3) is 5.91 Å². The molecule has 0 aliphatic rings. The molecule has 1 aromatic heterocycles. The number of thioether (sulfide) groups is 1. The van der Waals surface area contributed by atoms with Crippen LogP contribution in [-0.2, 0) is 0 Å². The number of anilines is 1. The molecule has 1 N–H and O–H groups in total. The van der Waals surface area contributed by atoms with Crippen molar-refractivity contribution in [2.75, 3.05) is 38.0 Å². The van der Waals surface area contributed by atoms with Crippen molar-refractivity contribution in [2.45, 2.75) is 12.8 Å². The highest BCUT2D eigenvalue weighted by atomic mass is 32.2. The number of rotatable bonds is 7. The molecular weight excluding hydrogens is 246 g/mol. The maximum atomic E-state index is 11.7. The molecule has 0 aromatic carbocycles. The molecule has 0 aliphatic heterocycles. The van der Waals surface area contributed by atoms with E-state index in [1.54, 1.807) is 26.4 Å². The van der Waals surface area contributed by atoms with E-state index in [1.807, 2.05) is 17.8 Å². The smallest absolute Gasteiger partial charge is 0.272 e. The quantitative estimate of drug-likeness (QED) is 0.770. The van der Waals surface area contributed by atoms with Crippen LogP contribution in [0, 0.1) is 0 Å². The summed E-state index contributed by atoms with van der Waals surface area (Å²) in [5.74, 6) is 1.13. The number of pyridine rings is 1. The number of nitrogens with zero attached hydrogens (tertiary/aromatic N) is 2. The molecule has 4 nitrogen and oxygen atoms in total. The van der Waals surface area contributed by atoms with Gasteiger partial charge in [0.15, 0.2) is 0 Å². The molecule has 0 bridgehead atoms. The molecule has 1 aromatic rings. The van der Waals surface area contributed by atoms with Gasteiger partial charge in [0, 0.05) is 32.5 Å². The van der Waals surface area contributed by atoms with Crippen LogP contribution in [0.5, 0.6) is 0 Å². The van der Waals surface area contributed by atoms with Crippen LogP contribution in [0.3, 0.4) is 0 Å². The lowest BCUT2D eigenvalue weighted by molar-refractivity contribution is 0.0822. The van der Waals surface area contributed by atoms with Gasteiger partial charge in [-0.3, -0.25) is 9.78 Å². The molecule has 1 rings (SSSR count). The highest BCUT2D eigenvalue weighted by Crippen LogP contribution is 2.10. The summed E-state index contributed by atoms with van der Waals surface area (Å²) in [7, 11) is 3.46. The summed E-state index contributed by atoms with van der Waals surface area (Å²) in [6.45, 7) is 0.931. The van der Waals surface area contributed by atoms with E-state index in [1.165, 1.54) is 17.1 Å². The maximum absolute atomic E-state index is 11.7. The average molecular weight is 267 g/mol. The average Bonchev–Trinajstić information content (AvgIpc) is 2.38. The standard InChI is InChI=1S/C13H21N3OS/c1-16(2)13(17)12-10-11(6-8-15-12)14-7-4-5-9-18-3/h6,8,10H,4-5,7,9H2,1-3H3,(H,14,15). The Morgan fingerprint density at radius 3 is 2.89 bits per heavy atom. The van der Waals surface area contributed by atoms with Crippen LogP contribution in [-0.4, -0.2) is 48.4 Å². The van der Waals surface area contributed by atoms with E-state index in [4.69, 9.17) is 0 Å². The molecule has 18 heavy (non-hydrogen) atoms. The highest BCUT2D eigenvalue weighted by molar-refractivity contribution is 7.98. The Bertz CT molecular complexity index is 382. The topological polar surface area (TPSA) is 45.2 Å². The Balaban J connectivity index is 2.47. The van der Waals surface area contributed by atoms with Crippen molar-refractivity contribution in [1.29, 1.82) is 0 Å². The first-order chi connectivity index (χ1) is 8.65. The monoisotopic (exact) mass is 267 g/mol. The van der Waals surface area contributed by atoms with Gasteiger partial charge in [-0.1, -0.05) is 0 Å². The summed E-state index contributed by atoms with van der Waals surface area (Å²) in [5.41, 5.74) is 1.44. The van der Waals surface area contributed by atoms with Gasteiger partial charge in [0.05, 0.1) is 0 Å². The zero-order valence-electron chi connectivity index (χ0n) is 11.3. The summed E-state index contributed by atoms with van der Waals surface area (Å²) in [6.07, 6.45) is 6.14. The Kier molecular flexibility index (Phi) is 6.57. The number of nitrogens with one attached hydrogen (secondary N) is 1. The van der Waals surface area contributed by atoms with Gasteiger partial charge in [0.1, 0.15) is 5.69 Å². The molecule has 1 amide bonds. The predicted molar refractivity (Wildman–Crippen MR) is 78.4 cm³/mol. The number of carbonyl (C=O) groups excluding carboxylic acids is 1. The molecule has 100 valence electrons. The minimum absolute atomic E-state index is 0.0685. The molecule has 0 radical (unpaired) electrons. The van der Waals surface area contributed by atoms with Crippen LogP contribution < -0.4 is 5.32 Å². The van der Waals surface area contributed by atoms with Crippen LogP contribution >= 0.6 is 11.8 Å². The van der Waals surface area contributed by atoms with Gasteiger partial charge in [-0.2, -0.15) is 11.8 Å². The number of hydrogen-bond donors (Lipinski definition) is 1. The number of amides is 1. The third kappa shape index (κ3) is 4.96. The Hall–Kier alpha value is -1.23. The zero-order valence-corrected chi connectivity index (χ0v) is 12.1. The minimum atomic E-state index is -0.0685. The summed E-state index contributed by atoms with van der Waals surface area (Å²) in [4.78, 5) is 17.4. The largest absolute Gasteiger partial charge is 0.385 e. The SMILES string of the molecule is CSCCCCNc1ccnc(C(=O)N(C)C)c1. The molecule has 0 fully saturated rings. The van der Waals surface area contributed by atoms with E-state index in [9.17, 15) is 4.79 Å². The van der Waals surface area contributed by atoms with Crippen LogP contribution in [0.1, 0.15) is 23.3 Å². The fourth-order valence-corrected chi connectivity index (χ4v) is 1.98. The highest BCUT2D eigenvalue weighted by Gasteiger charge is 2.09. The summed E-state index contributed by atoms with van der Waals surface area (Å²) in [5, 5.41) is 3.32. The molecular formula is C13H21N3OS. The van der Waals surface area contributed by atoms with Crippen molar-refractivity contribution in [1.82, 2.24) is 9.88 Å². The molecule has 5 heteroatoms. The van der Waals surface area contributed by atoms with Crippen molar-refractivity contribution < 1.29 is 4.79 Å². The lowest BCUT2D eigenvalue weighted by Crippen LogP contribution is -2.22. The number of hydrogen-bond acceptors (Lipinski definition) is 4. The lowest BCUT2D eigenvalue weighted by atomic mass is 10.2. The number of unbranched alkanes of at least 4 members (excludes halogenated alkanes) is 1. The first kappa shape index (κ1) is 14.8. The molecule has 0 saturated heterocycles. The van der Waals surface area contributed by atoms with E-state index in [2.05, 4.69) is 16.6 Å². The second kappa shape index (κ2) is 7.97. The van der Waals surface area contributed by atoms with E-state index in [0.717, 1.165) is 18.7 Å². The summed E-state index contributed by atoms with van der Waals surface area (Å²) >= 11 is 1.87. The summed E-state index contributed by atoms with van der Waals surface area (Å²) < 4.78 is 0. The normalized spacial score (nSPS) is 10.2. The van der Waals surface area contributed by atoms with Crippen molar-refractivity contribution >= 4 is 23.4 Å². The van der Waals surface area contributed by atoms with E-state index in [0.29, 0.717) is 5.69 Å². The van der Waals surface area contributed by atoms with Crippen LogP contribution in [0.25, 0.3) is 0 Å². The van der Waals surface area contributed by atoms with Crippen LogP contribution in [0.2, 0.25) is 0 Å². The van der Waals surface area contributed by atoms with Gasteiger partial charge in [-0.05, 0) is 37.0 Å². The Morgan fingerprint density at radius 2 is 2.22 bits per heavy atom. The summed E-state index contributed by atoms with van der Waals surface area (Å²) in [6, 6.07) is 3.69. The maximum Gasteiger partial charge on any atom is 0.272 e. The van der Waals surface area contributed by atoms with E-state index in [-0.39, 0.29) is 5.91 Å². The van der Waals surface area contributed by atoms with Gasteiger partial charge in [0.2, 0.25) is 0 Å². The Morgan fingerprint density at radius 1 is 1.44 bits per heavy atom. The van der Waals surface area contributed by atoms with Crippen molar-refractivity contribution in [3.63, 3.8) is 0 Å². The van der Waals surface area contributed by atoms with Crippen LogP contribution in [0.4, 0.5) is 5.69 Å². The molecule has 0 saturated carbocycles. The molecule has 0 unspecified atom stereocenters. The fraction of sp³-hybridized carbons (Fsp3) is 0.538. The molecule has 0 aliphatic carbocycles. The van der Waals surface area contributed by atoms with E-state index < -0.39 is 0 Å². The lowest BCUT2D eigenvalue weighted by Gasteiger charge is -2.11. The molecule has 0 spiro atoms. The third-order valence-electron chi connectivity index (χ3n) is 2.49. The second-order valence-corrected chi connectivity index (χ2v) is 5.24.